The Morgan fingerprint density at radius 3 is 2.16 bits per heavy atom. The zero-order chi connectivity index (χ0) is 23.0. The van der Waals surface area contributed by atoms with Crippen molar-refractivity contribution in [1.29, 1.82) is 0 Å². The lowest BCUT2D eigenvalue weighted by molar-refractivity contribution is -0.120. The van der Waals surface area contributed by atoms with Crippen molar-refractivity contribution in [2.75, 3.05) is 10.2 Å². The van der Waals surface area contributed by atoms with Gasteiger partial charge in [0.2, 0.25) is 0 Å². The summed E-state index contributed by atoms with van der Waals surface area (Å²) < 4.78 is 27.3. The number of nitrogens with one attached hydrogen (secondary N) is 1. The summed E-state index contributed by atoms with van der Waals surface area (Å²) in [6.07, 6.45) is 0.873. The van der Waals surface area contributed by atoms with E-state index in [1.165, 1.54) is 6.07 Å². The first-order chi connectivity index (χ1) is 15.3. The highest BCUT2D eigenvalue weighted by molar-refractivity contribution is 6.46. The van der Waals surface area contributed by atoms with Gasteiger partial charge in [-0.2, -0.15) is 0 Å². The van der Waals surface area contributed by atoms with Gasteiger partial charge >= 0.3 is 0 Å². The van der Waals surface area contributed by atoms with Gasteiger partial charge in [-0.15, -0.1) is 0 Å². The first-order valence-corrected chi connectivity index (χ1v) is 10.3. The Hall–Kier alpha value is -3.80. The predicted octanol–water partition coefficient (Wildman–Crippen LogP) is 5.54. The number of hydrogen-bond donors (Lipinski definition) is 1. The average molecular weight is 432 g/mol. The maximum absolute atomic E-state index is 13.9. The summed E-state index contributed by atoms with van der Waals surface area (Å²) >= 11 is 0. The molecule has 1 N–H and O–H groups in total. The third kappa shape index (κ3) is 3.80. The van der Waals surface area contributed by atoms with Crippen LogP contribution in [-0.2, 0) is 16.0 Å². The molecule has 1 aliphatic heterocycles. The topological polar surface area (TPSA) is 49.4 Å². The number of benzene rings is 3. The molecule has 32 heavy (non-hydrogen) atoms. The zero-order valence-electron chi connectivity index (χ0n) is 18.0. The number of amides is 2. The van der Waals surface area contributed by atoms with Crippen LogP contribution in [-0.4, -0.2) is 11.8 Å². The molecule has 0 saturated heterocycles. The number of nitrogens with zero attached hydrogens (tertiary/aromatic N) is 1. The van der Waals surface area contributed by atoms with Gasteiger partial charge in [0.25, 0.3) is 11.8 Å². The molecule has 0 aliphatic carbocycles. The lowest BCUT2D eigenvalue weighted by atomic mass is 9.99. The van der Waals surface area contributed by atoms with Crippen molar-refractivity contribution in [1.82, 2.24) is 0 Å². The van der Waals surface area contributed by atoms with Crippen molar-refractivity contribution in [3.63, 3.8) is 0 Å². The van der Waals surface area contributed by atoms with Crippen LogP contribution in [0.5, 0.6) is 0 Å². The highest BCUT2D eigenvalue weighted by atomic mass is 19.2. The molecule has 3 aromatic carbocycles. The maximum atomic E-state index is 13.9. The van der Waals surface area contributed by atoms with E-state index in [0.29, 0.717) is 11.3 Å². The summed E-state index contributed by atoms with van der Waals surface area (Å²) in [6.45, 7) is 5.92. The van der Waals surface area contributed by atoms with Crippen LogP contribution in [0.4, 0.5) is 20.2 Å². The normalized spacial score (nSPS) is 13.8. The average Bonchev–Trinajstić information content (AvgIpc) is 3.02. The summed E-state index contributed by atoms with van der Waals surface area (Å²) in [5, 5.41) is 3.08. The van der Waals surface area contributed by atoms with E-state index in [1.807, 2.05) is 57.2 Å². The van der Waals surface area contributed by atoms with E-state index in [-0.39, 0.29) is 17.0 Å². The van der Waals surface area contributed by atoms with Crippen LogP contribution in [0.2, 0.25) is 0 Å². The van der Waals surface area contributed by atoms with Crippen LogP contribution < -0.4 is 10.2 Å². The molecule has 1 aliphatic rings. The predicted molar refractivity (Wildman–Crippen MR) is 121 cm³/mol. The van der Waals surface area contributed by atoms with Gasteiger partial charge in [0.1, 0.15) is 5.70 Å². The first kappa shape index (κ1) is 21.4. The summed E-state index contributed by atoms with van der Waals surface area (Å²) in [4.78, 5) is 27.6. The Labute approximate surface area is 185 Å². The summed E-state index contributed by atoms with van der Waals surface area (Å²) in [5.41, 5.74) is 4.61. The highest BCUT2D eigenvalue weighted by Gasteiger charge is 2.40. The minimum Gasteiger partial charge on any atom is -0.350 e. The Balaban J connectivity index is 1.82. The zero-order valence-corrected chi connectivity index (χ0v) is 18.0. The fourth-order valence-electron chi connectivity index (χ4n) is 3.64. The van der Waals surface area contributed by atoms with Gasteiger partial charge in [-0.3, -0.25) is 9.59 Å². The molecule has 0 spiro atoms. The van der Waals surface area contributed by atoms with Crippen molar-refractivity contribution >= 4 is 28.8 Å². The van der Waals surface area contributed by atoms with E-state index >= 15 is 0 Å². The molecule has 162 valence electrons. The highest BCUT2D eigenvalue weighted by Crippen LogP contribution is 2.35. The molecular formula is C26H22F2N2O2. The lowest BCUT2D eigenvalue weighted by Crippen LogP contribution is -2.32. The van der Waals surface area contributed by atoms with Crippen LogP contribution in [0.15, 0.2) is 66.4 Å². The molecule has 0 radical (unpaired) electrons. The third-order valence-electron chi connectivity index (χ3n) is 5.67. The van der Waals surface area contributed by atoms with Crippen LogP contribution >= 0.6 is 0 Å². The second kappa shape index (κ2) is 8.38. The van der Waals surface area contributed by atoms with Gasteiger partial charge in [-0.1, -0.05) is 37.3 Å². The Kier molecular flexibility index (Phi) is 5.61. The fraction of sp³-hybridized carbons (Fsp3) is 0.154. The molecule has 0 aromatic heterocycles. The minimum atomic E-state index is -1.13. The minimum absolute atomic E-state index is 0.0293. The van der Waals surface area contributed by atoms with Crippen LogP contribution in [0.25, 0.3) is 5.57 Å². The van der Waals surface area contributed by atoms with Gasteiger partial charge in [-0.05, 0) is 66.8 Å². The molecule has 1 heterocycles. The van der Waals surface area contributed by atoms with E-state index < -0.39 is 23.4 Å². The monoisotopic (exact) mass is 432 g/mol. The second-order valence-corrected chi connectivity index (χ2v) is 7.77. The third-order valence-corrected chi connectivity index (χ3v) is 5.67. The maximum Gasteiger partial charge on any atom is 0.282 e. The SMILES string of the molecule is CCc1ccc(NC2=C(c3ccc(C)c(C)c3)C(=O)N(c3ccc(F)c(F)c3)C2=O)cc1. The van der Waals surface area contributed by atoms with Crippen LogP contribution in [0, 0.1) is 25.5 Å². The molecule has 3 aromatic rings. The molecule has 6 heteroatoms. The summed E-state index contributed by atoms with van der Waals surface area (Å²) in [5.74, 6) is -3.41. The summed E-state index contributed by atoms with van der Waals surface area (Å²) in [7, 11) is 0. The molecule has 0 saturated carbocycles. The Morgan fingerprint density at radius 1 is 0.812 bits per heavy atom. The molecule has 0 unspecified atom stereocenters. The molecule has 0 fully saturated rings. The first-order valence-electron chi connectivity index (χ1n) is 10.3. The van der Waals surface area contributed by atoms with E-state index in [2.05, 4.69) is 5.32 Å². The molecule has 4 rings (SSSR count). The number of imide groups is 1. The number of carbonyl (C=O) groups is 2. The molecule has 0 atom stereocenters. The smallest absolute Gasteiger partial charge is 0.282 e. The van der Waals surface area contributed by atoms with Gasteiger partial charge in [0, 0.05) is 11.8 Å². The van der Waals surface area contributed by atoms with E-state index in [0.717, 1.165) is 40.1 Å². The second-order valence-electron chi connectivity index (χ2n) is 7.77. The standard InChI is InChI=1S/C26H22F2N2O2/c1-4-17-6-9-19(10-7-17)29-24-23(18-8-5-15(2)16(3)13-18)25(31)30(26(24)32)20-11-12-21(27)22(28)14-20/h5-14,29H,4H2,1-3H3. The molecule has 4 nitrogen and oxygen atoms in total. The van der Waals surface area contributed by atoms with Gasteiger partial charge in [0.15, 0.2) is 11.6 Å². The lowest BCUT2D eigenvalue weighted by Gasteiger charge is -2.15. The van der Waals surface area contributed by atoms with Gasteiger partial charge in [-0.25, -0.2) is 13.7 Å². The van der Waals surface area contributed by atoms with E-state index in [1.54, 1.807) is 6.07 Å². The largest absolute Gasteiger partial charge is 0.350 e. The number of rotatable bonds is 5. The van der Waals surface area contributed by atoms with Gasteiger partial charge in [0.05, 0.1) is 11.3 Å². The van der Waals surface area contributed by atoms with Crippen molar-refractivity contribution in [2.24, 2.45) is 0 Å². The molecule has 2 amide bonds. The van der Waals surface area contributed by atoms with Crippen molar-refractivity contribution in [3.8, 4) is 0 Å². The van der Waals surface area contributed by atoms with E-state index in [4.69, 9.17) is 0 Å². The molecular weight excluding hydrogens is 410 g/mol. The van der Waals surface area contributed by atoms with Crippen molar-refractivity contribution in [3.05, 3.63) is 100 Å². The molecule has 0 bridgehead atoms. The fourth-order valence-corrected chi connectivity index (χ4v) is 3.64. The van der Waals surface area contributed by atoms with Crippen molar-refractivity contribution in [2.45, 2.75) is 27.2 Å². The van der Waals surface area contributed by atoms with Gasteiger partial charge < -0.3 is 5.32 Å². The number of hydrogen-bond acceptors (Lipinski definition) is 3. The number of anilines is 2. The number of aryl methyl sites for hydroxylation is 3. The summed E-state index contributed by atoms with van der Waals surface area (Å²) in [6, 6.07) is 16.0. The Bertz CT molecular complexity index is 1260. The van der Waals surface area contributed by atoms with E-state index in [9.17, 15) is 18.4 Å². The Morgan fingerprint density at radius 2 is 1.53 bits per heavy atom. The van der Waals surface area contributed by atoms with Crippen LogP contribution in [0.1, 0.15) is 29.2 Å². The van der Waals surface area contributed by atoms with Crippen molar-refractivity contribution < 1.29 is 18.4 Å². The number of carbonyl (C=O) groups excluding carboxylic acids is 2. The van der Waals surface area contributed by atoms with Crippen LogP contribution in [0.3, 0.4) is 0 Å². The number of halogens is 2. The quantitative estimate of drug-likeness (QED) is 0.539.